The molecule has 0 atom stereocenters. The van der Waals surface area contributed by atoms with Gasteiger partial charge in [0.25, 0.3) is 11.6 Å². The molecule has 1 amide bonds. The van der Waals surface area contributed by atoms with Gasteiger partial charge in [0.05, 0.1) is 21.1 Å². The first kappa shape index (κ1) is 15.4. The van der Waals surface area contributed by atoms with Crippen LogP contribution in [-0.4, -0.2) is 15.2 Å². The number of thiocarbonyl (C=S) groups is 1. The van der Waals surface area contributed by atoms with Gasteiger partial charge in [-0.1, -0.05) is 54.3 Å². The van der Waals surface area contributed by atoms with E-state index >= 15 is 0 Å². The minimum Gasteiger partial charge on any atom is -0.268 e. The Morgan fingerprint density at radius 2 is 1.74 bits per heavy atom. The number of carbonyl (C=O) groups is 1. The van der Waals surface area contributed by atoms with Gasteiger partial charge >= 0.3 is 0 Å². The van der Waals surface area contributed by atoms with Crippen LogP contribution in [0.4, 0.5) is 11.4 Å². The summed E-state index contributed by atoms with van der Waals surface area (Å²) in [5.74, 6) is -0.274. The van der Waals surface area contributed by atoms with E-state index in [1.807, 2.05) is 18.2 Å². The van der Waals surface area contributed by atoms with Crippen LogP contribution in [0.5, 0.6) is 0 Å². The minimum absolute atomic E-state index is 0.0440. The predicted molar refractivity (Wildman–Crippen MR) is 95.2 cm³/mol. The molecule has 0 unspecified atom stereocenters. The van der Waals surface area contributed by atoms with E-state index < -0.39 is 4.92 Å². The number of carbonyl (C=O) groups excluding carboxylic acids is 1. The van der Waals surface area contributed by atoms with Crippen molar-refractivity contribution in [1.29, 1.82) is 0 Å². The van der Waals surface area contributed by atoms with E-state index in [0.29, 0.717) is 20.5 Å². The molecule has 1 aliphatic rings. The Labute approximate surface area is 141 Å². The van der Waals surface area contributed by atoms with Gasteiger partial charge in [-0.2, -0.15) is 0 Å². The topological polar surface area (TPSA) is 63.4 Å². The van der Waals surface area contributed by atoms with Gasteiger partial charge in [-0.25, -0.2) is 0 Å². The Kier molecular flexibility index (Phi) is 4.22. The van der Waals surface area contributed by atoms with Crippen molar-refractivity contribution in [2.75, 3.05) is 4.90 Å². The van der Waals surface area contributed by atoms with Gasteiger partial charge in [0.2, 0.25) is 0 Å². The maximum atomic E-state index is 12.6. The van der Waals surface area contributed by atoms with Crippen LogP contribution in [0.2, 0.25) is 0 Å². The minimum atomic E-state index is -0.468. The largest absolute Gasteiger partial charge is 0.276 e. The maximum absolute atomic E-state index is 12.6. The lowest BCUT2D eigenvalue weighted by atomic mass is 10.1. The highest BCUT2D eigenvalue weighted by Gasteiger charge is 2.33. The van der Waals surface area contributed by atoms with Crippen molar-refractivity contribution >= 4 is 51.7 Å². The molecule has 5 nitrogen and oxygen atoms in total. The van der Waals surface area contributed by atoms with Crippen LogP contribution in [0.15, 0.2) is 59.5 Å². The molecule has 23 heavy (non-hydrogen) atoms. The van der Waals surface area contributed by atoms with E-state index in [1.54, 1.807) is 30.3 Å². The zero-order valence-corrected chi connectivity index (χ0v) is 13.3. The molecule has 0 aromatic heterocycles. The van der Waals surface area contributed by atoms with Gasteiger partial charge in [0.15, 0.2) is 4.32 Å². The van der Waals surface area contributed by atoms with Gasteiger partial charge in [-0.15, -0.1) is 0 Å². The summed E-state index contributed by atoms with van der Waals surface area (Å²) in [6, 6.07) is 15.4. The highest BCUT2D eigenvalue weighted by molar-refractivity contribution is 8.27. The lowest BCUT2D eigenvalue weighted by molar-refractivity contribution is -0.385. The molecule has 2 aromatic rings. The zero-order valence-electron chi connectivity index (χ0n) is 11.7. The van der Waals surface area contributed by atoms with Crippen LogP contribution in [-0.2, 0) is 4.79 Å². The van der Waals surface area contributed by atoms with E-state index in [4.69, 9.17) is 12.2 Å². The highest BCUT2D eigenvalue weighted by atomic mass is 32.2. The summed E-state index contributed by atoms with van der Waals surface area (Å²) in [6.07, 6.45) is 1.51. The number of para-hydroxylation sites is 2. The molecule has 0 spiro atoms. The number of nitrogens with zero attached hydrogens (tertiary/aromatic N) is 2. The maximum Gasteiger partial charge on any atom is 0.276 e. The van der Waals surface area contributed by atoms with E-state index in [9.17, 15) is 14.9 Å². The number of anilines is 1. The lowest BCUT2D eigenvalue weighted by Crippen LogP contribution is -2.27. The summed E-state index contributed by atoms with van der Waals surface area (Å²) in [5, 5.41) is 11.1. The molecular formula is C16H10N2O3S2. The molecule has 2 aromatic carbocycles. The van der Waals surface area contributed by atoms with Gasteiger partial charge < -0.3 is 0 Å². The molecule has 7 heteroatoms. The molecule has 0 aliphatic carbocycles. The van der Waals surface area contributed by atoms with Crippen LogP contribution in [0.3, 0.4) is 0 Å². The second-order valence-electron chi connectivity index (χ2n) is 4.67. The van der Waals surface area contributed by atoms with Crippen molar-refractivity contribution in [2.45, 2.75) is 0 Å². The van der Waals surface area contributed by atoms with Crippen molar-refractivity contribution in [3.63, 3.8) is 0 Å². The lowest BCUT2D eigenvalue weighted by Gasteiger charge is -2.13. The number of hydrogen-bond acceptors (Lipinski definition) is 5. The third-order valence-corrected chi connectivity index (χ3v) is 4.53. The molecule has 1 heterocycles. The van der Waals surface area contributed by atoms with Crippen LogP contribution in [0.25, 0.3) is 6.08 Å². The van der Waals surface area contributed by atoms with Crippen molar-refractivity contribution < 1.29 is 9.72 Å². The number of amides is 1. The Balaban J connectivity index is 1.99. The van der Waals surface area contributed by atoms with E-state index in [1.165, 1.54) is 17.0 Å². The summed E-state index contributed by atoms with van der Waals surface area (Å²) in [7, 11) is 0. The Morgan fingerprint density at radius 3 is 2.43 bits per heavy atom. The highest BCUT2D eigenvalue weighted by Crippen LogP contribution is 2.36. The smallest absolute Gasteiger partial charge is 0.268 e. The van der Waals surface area contributed by atoms with Crippen LogP contribution >= 0.6 is 24.0 Å². The van der Waals surface area contributed by atoms with Gasteiger partial charge in [0.1, 0.15) is 0 Å². The monoisotopic (exact) mass is 342 g/mol. The fraction of sp³-hybridized carbons (Fsp3) is 0. The van der Waals surface area contributed by atoms with Gasteiger partial charge in [0, 0.05) is 6.07 Å². The van der Waals surface area contributed by atoms with E-state index in [-0.39, 0.29) is 11.6 Å². The standard InChI is InChI=1S/C16H10N2O3S2/c19-15-14(10-11-6-4-5-9-13(11)18(20)21)23-16(22)17(15)12-7-2-1-3-8-12/h1-10H/b14-10+. The predicted octanol–water partition coefficient (Wildman–Crippen LogP) is 4.00. The molecule has 0 N–H and O–H groups in total. The SMILES string of the molecule is O=C1/C(=C\c2ccccc2[N+](=O)[O-])SC(=S)N1c1ccccc1. The normalized spacial score (nSPS) is 16.2. The Hall–Kier alpha value is -2.51. The van der Waals surface area contributed by atoms with Crippen LogP contribution < -0.4 is 4.90 Å². The molecule has 0 bridgehead atoms. The first-order chi connectivity index (χ1) is 11.1. The second-order valence-corrected chi connectivity index (χ2v) is 6.34. The number of nitro groups is 1. The van der Waals surface area contributed by atoms with Crippen molar-refractivity contribution in [1.82, 2.24) is 0 Å². The molecule has 3 rings (SSSR count). The quantitative estimate of drug-likeness (QED) is 0.365. The van der Waals surface area contributed by atoms with Crippen molar-refractivity contribution in [3.05, 3.63) is 75.2 Å². The average molecular weight is 342 g/mol. The van der Waals surface area contributed by atoms with Crippen LogP contribution in [0, 0.1) is 10.1 Å². The molecule has 1 aliphatic heterocycles. The fourth-order valence-corrected chi connectivity index (χ4v) is 3.47. The Morgan fingerprint density at radius 1 is 1.09 bits per heavy atom. The number of benzene rings is 2. The van der Waals surface area contributed by atoms with Crippen molar-refractivity contribution in [2.24, 2.45) is 0 Å². The zero-order chi connectivity index (χ0) is 16.4. The Bertz CT molecular complexity index is 834. The average Bonchev–Trinajstić information content (AvgIpc) is 2.82. The fourth-order valence-electron chi connectivity index (χ4n) is 2.18. The van der Waals surface area contributed by atoms with E-state index in [2.05, 4.69) is 0 Å². The molecular weight excluding hydrogens is 332 g/mol. The van der Waals surface area contributed by atoms with E-state index in [0.717, 1.165) is 11.8 Å². The molecule has 1 saturated heterocycles. The summed E-state index contributed by atoms with van der Waals surface area (Å²) in [5.41, 5.74) is 1.02. The third kappa shape index (κ3) is 3.01. The first-order valence-corrected chi connectivity index (χ1v) is 7.87. The second kappa shape index (κ2) is 6.31. The van der Waals surface area contributed by atoms with Crippen LogP contribution in [0.1, 0.15) is 5.56 Å². The molecule has 114 valence electrons. The summed E-state index contributed by atoms with van der Waals surface area (Å²) >= 11 is 6.41. The molecule has 0 saturated carbocycles. The summed E-state index contributed by atoms with van der Waals surface area (Å²) in [6.45, 7) is 0. The number of thioether (sulfide) groups is 1. The molecule has 0 radical (unpaired) electrons. The summed E-state index contributed by atoms with van der Waals surface area (Å²) in [4.78, 5) is 25.0. The molecule has 1 fully saturated rings. The number of hydrogen-bond donors (Lipinski definition) is 0. The summed E-state index contributed by atoms with van der Waals surface area (Å²) < 4.78 is 0.408. The first-order valence-electron chi connectivity index (χ1n) is 6.64. The van der Waals surface area contributed by atoms with Crippen molar-refractivity contribution in [3.8, 4) is 0 Å². The van der Waals surface area contributed by atoms with Gasteiger partial charge in [-0.05, 0) is 24.3 Å². The number of nitro benzene ring substituents is 1. The van der Waals surface area contributed by atoms with Gasteiger partial charge in [-0.3, -0.25) is 19.8 Å². The third-order valence-electron chi connectivity index (χ3n) is 3.23. The number of rotatable bonds is 3.